The Hall–Kier alpha value is -1.00. The zero-order chi connectivity index (χ0) is 18.6. The summed E-state index contributed by atoms with van der Waals surface area (Å²) in [5.74, 6) is 0.152. The van der Waals surface area contributed by atoms with Crippen molar-refractivity contribution in [1.82, 2.24) is 10.6 Å². The third-order valence-electron chi connectivity index (χ3n) is 4.14. The van der Waals surface area contributed by atoms with Gasteiger partial charge in [-0.15, -0.1) is 24.0 Å². The molecule has 1 heterocycles. The summed E-state index contributed by atoms with van der Waals surface area (Å²) in [6.07, 6.45) is 2.39. The van der Waals surface area contributed by atoms with Gasteiger partial charge >= 0.3 is 0 Å². The molecule has 154 valence electrons. The monoisotopic (exact) mass is 497 g/mol. The first kappa shape index (κ1) is 24.0. The van der Waals surface area contributed by atoms with Gasteiger partial charge in [0.05, 0.1) is 13.2 Å². The van der Waals surface area contributed by atoms with E-state index in [1.807, 2.05) is 6.92 Å². The number of rotatable bonds is 10. The molecular weight excluding hydrogens is 467 g/mol. The standard InChI is InChI=1S/C19H29F2N3O2.HI/c1-2-22-19(23-8-3-10-25-13-15-7-11-26-14-15)24-9-6-16-4-5-17(20)12-18(16)21;/h4-5,12,15H,2-3,6-11,13-14H2,1H3,(H2,22,23,24);1H. The number of guanidine groups is 1. The second kappa shape index (κ2) is 14.1. The molecule has 1 unspecified atom stereocenters. The summed E-state index contributed by atoms with van der Waals surface area (Å²) in [6.45, 7) is 7.00. The maximum atomic E-state index is 13.6. The number of nitrogens with one attached hydrogen (secondary N) is 2. The fraction of sp³-hybridized carbons (Fsp3) is 0.632. The van der Waals surface area contributed by atoms with Crippen LogP contribution in [-0.4, -0.2) is 52.0 Å². The average Bonchev–Trinajstić information content (AvgIpc) is 3.13. The van der Waals surface area contributed by atoms with Crippen molar-refractivity contribution in [2.45, 2.75) is 26.2 Å². The molecule has 2 N–H and O–H groups in total. The summed E-state index contributed by atoms with van der Waals surface area (Å²) in [5.41, 5.74) is 0.485. The molecule has 8 heteroatoms. The highest BCUT2D eigenvalue weighted by Crippen LogP contribution is 2.12. The lowest BCUT2D eigenvalue weighted by Crippen LogP contribution is -2.38. The van der Waals surface area contributed by atoms with E-state index in [0.29, 0.717) is 43.6 Å². The Balaban J connectivity index is 0.00000364. The maximum Gasteiger partial charge on any atom is 0.191 e. The van der Waals surface area contributed by atoms with Crippen molar-refractivity contribution < 1.29 is 18.3 Å². The Bertz CT molecular complexity index is 570. The summed E-state index contributed by atoms with van der Waals surface area (Å²) in [5, 5.41) is 6.32. The quantitative estimate of drug-likeness (QED) is 0.226. The number of hydrogen-bond acceptors (Lipinski definition) is 3. The van der Waals surface area contributed by atoms with Crippen LogP contribution in [0.1, 0.15) is 25.3 Å². The van der Waals surface area contributed by atoms with Crippen molar-refractivity contribution in [3.8, 4) is 0 Å². The number of benzene rings is 1. The van der Waals surface area contributed by atoms with Crippen LogP contribution >= 0.6 is 24.0 Å². The molecule has 2 rings (SSSR count). The van der Waals surface area contributed by atoms with Crippen LogP contribution in [0.2, 0.25) is 0 Å². The molecule has 1 aliphatic rings. The highest BCUT2D eigenvalue weighted by molar-refractivity contribution is 14.0. The topological polar surface area (TPSA) is 54.9 Å². The van der Waals surface area contributed by atoms with E-state index >= 15 is 0 Å². The minimum absolute atomic E-state index is 0. The van der Waals surface area contributed by atoms with Crippen LogP contribution in [0.5, 0.6) is 0 Å². The van der Waals surface area contributed by atoms with Crippen LogP contribution in [0.3, 0.4) is 0 Å². The molecule has 0 amide bonds. The van der Waals surface area contributed by atoms with Crippen molar-refractivity contribution >= 4 is 29.9 Å². The van der Waals surface area contributed by atoms with Gasteiger partial charge in [-0.25, -0.2) is 8.78 Å². The minimum atomic E-state index is -0.559. The molecule has 1 fully saturated rings. The van der Waals surface area contributed by atoms with Gasteiger partial charge in [0.15, 0.2) is 5.96 Å². The predicted octanol–water partition coefficient (Wildman–Crippen LogP) is 3.12. The number of aliphatic imine (C=N–C) groups is 1. The van der Waals surface area contributed by atoms with E-state index in [2.05, 4.69) is 15.6 Å². The molecule has 1 saturated heterocycles. The normalized spacial score (nSPS) is 16.9. The smallest absolute Gasteiger partial charge is 0.191 e. The Morgan fingerprint density at radius 2 is 2.19 bits per heavy atom. The molecule has 0 bridgehead atoms. The lowest BCUT2D eigenvalue weighted by Gasteiger charge is -2.12. The van der Waals surface area contributed by atoms with E-state index in [-0.39, 0.29) is 24.0 Å². The van der Waals surface area contributed by atoms with Crippen molar-refractivity contribution in [2.75, 3.05) is 46.1 Å². The molecule has 1 aliphatic heterocycles. The van der Waals surface area contributed by atoms with Crippen LogP contribution in [0.4, 0.5) is 8.78 Å². The van der Waals surface area contributed by atoms with E-state index in [9.17, 15) is 8.78 Å². The van der Waals surface area contributed by atoms with Gasteiger partial charge in [0.25, 0.3) is 0 Å². The summed E-state index contributed by atoms with van der Waals surface area (Å²) in [6, 6.07) is 3.66. The van der Waals surface area contributed by atoms with E-state index in [1.165, 1.54) is 12.1 Å². The average molecular weight is 497 g/mol. The van der Waals surface area contributed by atoms with Crippen LogP contribution in [-0.2, 0) is 15.9 Å². The highest BCUT2D eigenvalue weighted by Gasteiger charge is 2.15. The third-order valence-corrected chi connectivity index (χ3v) is 4.14. The minimum Gasteiger partial charge on any atom is -0.381 e. The summed E-state index contributed by atoms with van der Waals surface area (Å²) >= 11 is 0. The van der Waals surface area contributed by atoms with Gasteiger partial charge in [0.2, 0.25) is 0 Å². The molecule has 27 heavy (non-hydrogen) atoms. The molecule has 0 aliphatic carbocycles. The van der Waals surface area contributed by atoms with Gasteiger partial charge < -0.3 is 20.1 Å². The van der Waals surface area contributed by atoms with Crippen LogP contribution < -0.4 is 10.6 Å². The van der Waals surface area contributed by atoms with Crippen molar-refractivity contribution in [3.05, 3.63) is 35.4 Å². The number of halogens is 3. The molecule has 0 aromatic heterocycles. The zero-order valence-electron chi connectivity index (χ0n) is 15.8. The van der Waals surface area contributed by atoms with Gasteiger partial charge in [-0.05, 0) is 37.8 Å². The lowest BCUT2D eigenvalue weighted by molar-refractivity contribution is 0.0893. The highest BCUT2D eigenvalue weighted by atomic mass is 127. The van der Waals surface area contributed by atoms with E-state index in [4.69, 9.17) is 9.47 Å². The summed E-state index contributed by atoms with van der Waals surface area (Å²) in [4.78, 5) is 4.49. The van der Waals surface area contributed by atoms with Gasteiger partial charge in [-0.1, -0.05) is 6.07 Å². The summed E-state index contributed by atoms with van der Waals surface area (Å²) < 4.78 is 37.5. The van der Waals surface area contributed by atoms with Gasteiger partial charge in [0.1, 0.15) is 11.6 Å². The molecular formula is C19H30F2IN3O2. The first-order valence-corrected chi connectivity index (χ1v) is 9.30. The largest absolute Gasteiger partial charge is 0.381 e. The second-order valence-corrected chi connectivity index (χ2v) is 6.33. The molecule has 0 radical (unpaired) electrons. The Morgan fingerprint density at radius 3 is 2.89 bits per heavy atom. The van der Waals surface area contributed by atoms with Crippen LogP contribution in [0, 0.1) is 17.6 Å². The fourth-order valence-electron chi connectivity index (χ4n) is 2.70. The molecule has 0 spiro atoms. The van der Waals surface area contributed by atoms with E-state index in [0.717, 1.165) is 45.3 Å². The zero-order valence-corrected chi connectivity index (χ0v) is 18.1. The molecule has 1 atom stereocenters. The number of ether oxygens (including phenoxy) is 2. The fourth-order valence-corrected chi connectivity index (χ4v) is 2.70. The predicted molar refractivity (Wildman–Crippen MR) is 114 cm³/mol. The molecule has 0 saturated carbocycles. The SMILES string of the molecule is CCNC(=NCCCOCC1CCOC1)NCCc1ccc(F)cc1F.I. The third kappa shape index (κ3) is 9.66. The Kier molecular flexibility index (Phi) is 12.5. The van der Waals surface area contributed by atoms with Crippen molar-refractivity contribution in [1.29, 1.82) is 0 Å². The number of nitrogens with zero attached hydrogens (tertiary/aromatic N) is 1. The lowest BCUT2D eigenvalue weighted by atomic mass is 10.1. The first-order valence-electron chi connectivity index (χ1n) is 9.30. The Morgan fingerprint density at radius 1 is 1.33 bits per heavy atom. The molecule has 5 nitrogen and oxygen atoms in total. The van der Waals surface area contributed by atoms with Crippen molar-refractivity contribution in [2.24, 2.45) is 10.9 Å². The van der Waals surface area contributed by atoms with E-state index < -0.39 is 11.6 Å². The van der Waals surface area contributed by atoms with Gasteiger partial charge in [0, 0.05) is 44.8 Å². The molecule has 1 aromatic rings. The number of hydrogen-bond donors (Lipinski definition) is 2. The second-order valence-electron chi connectivity index (χ2n) is 6.33. The van der Waals surface area contributed by atoms with Crippen molar-refractivity contribution in [3.63, 3.8) is 0 Å². The van der Waals surface area contributed by atoms with Gasteiger partial charge in [-0.2, -0.15) is 0 Å². The summed E-state index contributed by atoms with van der Waals surface area (Å²) in [7, 11) is 0. The first-order chi connectivity index (χ1) is 12.7. The van der Waals surface area contributed by atoms with Crippen LogP contribution in [0.15, 0.2) is 23.2 Å². The van der Waals surface area contributed by atoms with E-state index in [1.54, 1.807) is 0 Å². The van der Waals surface area contributed by atoms with Gasteiger partial charge in [-0.3, -0.25) is 4.99 Å². The molecule has 1 aromatic carbocycles. The Labute approximate surface area is 177 Å². The van der Waals surface area contributed by atoms with Crippen LogP contribution in [0.25, 0.3) is 0 Å². The maximum absolute atomic E-state index is 13.6.